The molecular weight excluding hydrogens is 336 g/mol. The number of rotatable bonds is 4. The van der Waals surface area contributed by atoms with Crippen LogP contribution in [0.5, 0.6) is 0 Å². The van der Waals surface area contributed by atoms with E-state index in [4.69, 9.17) is 0 Å². The maximum atomic E-state index is 11.5. The first-order chi connectivity index (χ1) is 12.8. The summed E-state index contributed by atoms with van der Waals surface area (Å²) in [5.41, 5.74) is 1.91. The van der Waals surface area contributed by atoms with Gasteiger partial charge < -0.3 is 15.3 Å². The zero-order chi connectivity index (χ0) is 19.4. The minimum atomic E-state index is -0.226. The first-order valence-electron chi connectivity index (χ1n) is 11.5. The zero-order valence-electron chi connectivity index (χ0n) is 17.5. The van der Waals surface area contributed by atoms with Crippen molar-refractivity contribution in [1.82, 2.24) is 0 Å². The summed E-state index contributed by atoms with van der Waals surface area (Å²) in [6.07, 6.45) is 11.6. The Morgan fingerprint density at radius 3 is 2.63 bits per heavy atom. The van der Waals surface area contributed by atoms with Gasteiger partial charge in [0, 0.05) is 12.0 Å². The molecule has 3 nitrogen and oxygen atoms in total. The third kappa shape index (κ3) is 2.95. The molecule has 4 aliphatic carbocycles. The molecule has 0 aromatic carbocycles. The van der Waals surface area contributed by atoms with Crippen molar-refractivity contribution in [2.24, 2.45) is 40.4 Å². The summed E-state index contributed by atoms with van der Waals surface area (Å²) in [7, 11) is 0. The Balaban J connectivity index is 1.62. The molecule has 0 heterocycles. The maximum absolute atomic E-state index is 11.5. The van der Waals surface area contributed by atoms with Crippen molar-refractivity contribution in [3.63, 3.8) is 0 Å². The van der Waals surface area contributed by atoms with Crippen LogP contribution < -0.4 is 0 Å². The van der Waals surface area contributed by atoms with E-state index < -0.39 is 0 Å². The van der Waals surface area contributed by atoms with Crippen LogP contribution in [0.2, 0.25) is 0 Å². The highest BCUT2D eigenvalue weighted by molar-refractivity contribution is 5.29. The summed E-state index contributed by atoms with van der Waals surface area (Å²) in [5.74, 6) is 2.73. The van der Waals surface area contributed by atoms with Crippen LogP contribution in [0, 0.1) is 40.4 Å². The van der Waals surface area contributed by atoms with E-state index >= 15 is 0 Å². The Bertz CT molecular complexity index is 586. The number of hydrogen-bond acceptors (Lipinski definition) is 3. The molecule has 4 aliphatic rings. The third-order valence-electron chi connectivity index (χ3n) is 9.74. The molecule has 4 rings (SSSR count). The second-order valence-electron chi connectivity index (χ2n) is 10.8. The maximum Gasteiger partial charge on any atom is 0.0608 e. The van der Waals surface area contributed by atoms with Crippen molar-refractivity contribution in [3.05, 3.63) is 11.6 Å². The summed E-state index contributed by atoms with van der Waals surface area (Å²) < 4.78 is 0. The first-order valence-corrected chi connectivity index (χ1v) is 11.5. The van der Waals surface area contributed by atoms with E-state index in [1.54, 1.807) is 5.57 Å². The van der Waals surface area contributed by atoms with Crippen LogP contribution in [-0.4, -0.2) is 34.1 Å². The fourth-order valence-corrected chi connectivity index (χ4v) is 8.03. The van der Waals surface area contributed by atoms with Gasteiger partial charge in [0.1, 0.15) is 0 Å². The molecule has 0 aromatic heterocycles. The Morgan fingerprint density at radius 2 is 1.89 bits per heavy atom. The van der Waals surface area contributed by atoms with Gasteiger partial charge in [-0.15, -0.1) is 0 Å². The van der Waals surface area contributed by atoms with Gasteiger partial charge in [0.2, 0.25) is 0 Å². The summed E-state index contributed by atoms with van der Waals surface area (Å²) in [5, 5.41) is 30.9. The quantitative estimate of drug-likeness (QED) is 0.641. The Morgan fingerprint density at radius 1 is 1.11 bits per heavy atom. The molecule has 3 heteroatoms. The van der Waals surface area contributed by atoms with E-state index in [-0.39, 0.29) is 29.6 Å². The van der Waals surface area contributed by atoms with Gasteiger partial charge in [-0.2, -0.15) is 0 Å². The van der Waals surface area contributed by atoms with Gasteiger partial charge in [0.25, 0.3) is 0 Å². The lowest BCUT2D eigenvalue weighted by molar-refractivity contribution is -0.102. The van der Waals surface area contributed by atoms with E-state index in [1.807, 2.05) is 0 Å². The van der Waals surface area contributed by atoms with Gasteiger partial charge in [0.15, 0.2) is 0 Å². The highest BCUT2D eigenvalue weighted by Gasteiger charge is 2.61. The van der Waals surface area contributed by atoms with Crippen LogP contribution in [-0.2, 0) is 0 Å². The smallest absolute Gasteiger partial charge is 0.0608 e. The summed E-state index contributed by atoms with van der Waals surface area (Å²) in [6, 6.07) is 0. The fourth-order valence-electron chi connectivity index (χ4n) is 8.03. The Kier molecular flexibility index (Phi) is 5.27. The van der Waals surface area contributed by atoms with Crippen LogP contribution in [0.3, 0.4) is 0 Å². The van der Waals surface area contributed by atoms with Gasteiger partial charge in [0.05, 0.1) is 12.2 Å². The average molecular weight is 377 g/mol. The molecule has 0 aliphatic heterocycles. The molecule has 27 heavy (non-hydrogen) atoms. The van der Waals surface area contributed by atoms with E-state index in [0.29, 0.717) is 29.6 Å². The third-order valence-corrected chi connectivity index (χ3v) is 9.74. The van der Waals surface area contributed by atoms with Crippen molar-refractivity contribution < 1.29 is 15.3 Å². The highest BCUT2D eigenvalue weighted by Crippen LogP contribution is 2.66. The lowest BCUT2D eigenvalue weighted by Crippen LogP contribution is -2.55. The summed E-state index contributed by atoms with van der Waals surface area (Å²) in [6.45, 7) is 7.43. The summed E-state index contributed by atoms with van der Waals surface area (Å²) >= 11 is 0. The number of hydrogen-bond donors (Lipinski definition) is 3. The van der Waals surface area contributed by atoms with E-state index in [0.717, 1.165) is 44.9 Å². The minimum absolute atomic E-state index is 0.00537. The van der Waals surface area contributed by atoms with E-state index in [1.165, 1.54) is 12.8 Å². The van der Waals surface area contributed by atoms with Gasteiger partial charge in [-0.3, -0.25) is 0 Å². The first kappa shape index (κ1) is 19.9. The largest absolute Gasteiger partial charge is 0.396 e. The molecule has 9 atom stereocenters. The normalized spacial score (nSPS) is 50.4. The molecule has 154 valence electrons. The molecule has 0 unspecified atom stereocenters. The van der Waals surface area contributed by atoms with Gasteiger partial charge in [-0.05, 0) is 92.8 Å². The van der Waals surface area contributed by atoms with Crippen molar-refractivity contribution in [2.75, 3.05) is 6.61 Å². The molecule has 0 bridgehead atoms. The van der Waals surface area contributed by atoms with Crippen molar-refractivity contribution >= 4 is 0 Å². The molecule has 0 amide bonds. The second-order valence-corrected chi connectivity index (χ2v) is 10.8. The number of aliphatic hydroxyl groups is 3. The Labute approximate surface area is 165 Å². The van der Waals surface area contributed by atoms with Gasteiger partial charge in [-0.25, -0.2) is 0 Å². The van der Waals surface area contributed by atoms with Crippen LogP contribution >= 0.6 is 0 Å². The van der Waals surface area contributed by atoms with E-state index in [2.05, 4.69) is 26.8 Å². The van der Waals surface area contributed by atoms with Crippen molar-refractivity contribution in [3.8, 4) is 0 Å². The molecule has 0 spiro atoms. The molecule has 0 aromatic rings. The van der Waals surface area contributed by atoms with E-state index in [9.17, 15) is 15.3 Å². The fraction of sp³-hybridized carbons (Fsp3) is 0.917. The number of fused-ring (bicyclic) bond motifs is 5. The molecule has 3 saturated carbocycles. The topological polar surface area (TPSA) is 60.7 Å². The Hall–Kier alpha value is -0.380. The predicted octanol–water partition coefficient (Wildman–Crippen LogP) is 4.31. The molecule has 0 saturated heterocycles. The predicted molar refractivity (Wildman–Crippen MR) is 108 cm³/mol. The minimum Gasteiger partial charge on any atom is -0.396 e. The monoisotopic (exact) mass is 376 g/mol. The lowest BCUT2D eigenvalue weighted by Gasteiger charge is -2.59. The summed E-state index contributed by atoms with van der Waals surface area (Å²) in [4.78, 5) is 0. The van der Waals surface area contributed by atoms with Crippen LogP contribution in [0.1, 0.15) is 78.6 Å². The lowest BCUT2D eigenvalue weighted by atomic mass is 9.47. The number of allylic oxidation sites excluding steroid dienone is 2. The second kappa shape index (κ2) is 7.15. The molecule has 0 radical (unpaired) electrons. The molecule has 3 fully saturated rings. The van der Waals surface area contributed by atoms with Crippen LogP contribution in [0.4, 0.5) is 0 Å². The standard InChI is InChI=1S/C24H40O3/c1-15(5-4-12-25)19-8-9-20-18-7-6-16-13-17(26)10-11-23(16,2)21(18)14-22(27)24(19,20)3/h7,15-17,19-22,25-27H,4-6,8-14H2,1-3H3/t15-,16-,17+,19-,20+,21+,22+,23+,24-/m1/s1. The molecular formula is C24H40O3. The van der Waals surface area contributed by atoms with Crippen molar-refractivity contribution in [2.45, 2.75) is 90.8 Å². The number of aliphatic hydroxyl groups excluding tert-OH is 3. The van der Waals surface area contributed by atoms with Crippen LogP contribution in [0.15, 0.2) is 11.6 Å². The zero-order valence-corrected chi connectivity index (χ0v) is 17.5. The van der Waals surface area contributed by atoms with Crippen molar-refractivity contribution in [1.29, 1.82) is 0 Å². The van der Waals surface area contributed by atoms with Gasteiger partial charge in [-0.1, -0.05) is 32.4 Å². The SMILES string of the molecule is C[C@H](CCCO)[C@H]1CC[C@H]2C3=CC[C@@H]4C[C@@H](O)CC[C@]4(C)[C@H]3C[C@H](O)[C@]12C. The highest BCUT2D eigenvalue weighted by atomic mass is 16.3. The average Bonchev–Trinajstić information content (AvgIpc) is 3.00. The van der Waals surface area contributed by atoms with Crippen LogP contribution in [0.25, 0.3) is 0 Å². The molecule has 3 N–H and O–H groups in total. The van der Waals surface area contributed by atoms with Gasteiger partial charge >= 0.3 is 0 Å².